The van der Waals surface area contributed by atoms with Crippen LogP contribution in [0.5, 0.6) is 5.75 Å². The molecule has 0 aliphatic rings. The molecule has 1 N–H and O–H groups in total. The fourth-order valence-electron chi connectivity index (χ4n) is 9.49. The summed E-state index contributed by atoms with van der Waals surface area (Å²) in [6, 6.07) is 35.7. The number of aromatic hydroxyl groups is 1. The van der Waals surface area contributed by atoms with Gasteiger partial charge in [-0.2, -0.15) is 0 Å². The molecule has 0 unspecified atom stereocenters. The molecule has 360 valence electrons. The average Bonchev–Trinajstić information content (AvgIpc) is 3.95. The Kier molecular flexibility index (Phi) is 9.79. The van der Waals surface area contributed by atoms with Crippen LogP contribution in [0.3, 0.4) is 0 Å². The molecule has 0 spiro atoms. The van der Waals surface area contributed by atoms with Crippen LogP contribution < -0.4 is 0 Å². The summed E-state index contributed by atoms with van der Waals surface area (Å²) in [5.74, 6) is 0.468. The van der Waals surface area contributed by atoms with Crippen molar-refractivity contribution in [2.24, 2.45) is 0 Å². The minimum atomic E-state index is -2.52. The summed E-state index contributed by atoms with van der Waals surface area (Å²) >= 11 is 0. The van der Waals surface area contributed by atoms with Crippen molar-refractivity contribution in [3.05, 3.63) is 191 Å². The number of nitrogens with zero attached hydrogens (tertiary/aromatic N) is 3. The zero-order valence-corrected chi connectivity index (χ0v) is 43.8. The number of fused-ring (bicyclic) bond motifs is 1. The summed E-state index contributed by atoms with van der Waals surface area (Å²) in [6.45, 7) is 26.3. The number of rotatable bonds is 7. The van der Waals surface area contributed by atoms with E-state index in [1.807, 2.05) is 98.1 Å². The van der Waals surface area contributed by atoms with Crippen LogP contribution >= 0.6 is 0 Å². The Morgan fingerprint density at radius 1 is 0.507 bits per heavy atom. The molecule has 0 aliphatic carbocycles. The second kappa shape index (κ2) is 18.0. The molecule has 0 bridgehead atoms. The van der Waals surface area contributed by atoms with Gasteiger partial charge in [0.15, 0.2) is 0 Å². The topological polar surface area (TPSA) is 50.9 Å². The van der Waals surface area contributed by atoms with E-state index in [2.05, 4.69) is 98.7 Å². The number of hydrogen-bond donors (Lipinski definition) is 1. The van der Waals surface area contributed by atoms with E-state index >= 15 is 0 Å². The van der Waals surface area contributed by atoms with Gasteiger partial charge in [0.25, 0.3) is 0 Å². The number of imidazole rings is 1. The standard InChI is InChI=1S/C67H71N3O/c1-41-33-60(54(39-56(41)66(10,11)12)46-29-31-50(32-30-46)64(4,5)6)70-59-28-22-27-52(61(59)69-63(70)55-37-51(65(7,8)9)38-57(62(55)71)67(13,14)15)48-34-47(44-23-18-16-19-24-44)35-49(36-48)58-40-53(42(2)43(3)68-58)45-25-20-17-21-26-45/h16-40,71H,1-15H3/i1D3,17D,20D,21D,25D,26D,40D. The van der Waals surface area contributed by atoms with E-state index in [1.165, 1.54) is 0 Å². The SMILES string of the molecule is [2H]c1c([2H])c([2H])c(-c2c([2H])c(-c3cc(-c4ccccc4)cc(-c4cccc5c4nc(-c4cc(C(C)(C)C)cc(C(C)(C)C)c4O)n5-c4cc(C([2H])([2H])[2H])c(C(C)(C)C)cc4-c4ccc(C(C)(C)C)cc4)c3)nc(C)c2C)c([2H])c1[2H]. The van der Waals surface area contributed by atoms with Crippen LogP contribution in [0.4, 0.5) is 0 Å². The number of hydrogen-bond acceptors (Lipinski definition) is 3. The van der Waals surface area contributed by atoms with Crippen molar-refractivity contribution in [1.82, 2.24) is 14.5 Å². The van der Waals surface area contributed by atoms with Gasteiger partial charge in [0.2, 0.25) is 0 Å². The van der Waals surface area contributed by atoms with E-state index in [-0.39, 0.29) is 45.0 Å². The highest BCUT2D eigenvalue weighted by atomic mass is 16.3. The van der Waals surface area contributed by atoms with Gasteiger partial charge in [-0.15, -0.1) is 0 Å². The van der Waals surface area contributed by atoms with E-state index in [1.54, 1.807) is 19.9 Å². The van der Waals surface area contributed by atoms with E-state index in [0.717, 1.165) is 38.9 Å². The van der Waals surface area contributed by atoms with Crippen molar-refractivity contribution >= 4 is 11.0 Å². The van der Waals surface area contributed by atoms with Crippen LogP contribution in [-0.4, -0.2) is 19.6 Å². The van der Waals surface area contributed by atoms with Crippen molar-refractivity contribution < 1.29 is 17.4 Å². The number of phenolic OH excluding ortho intramolecular Hbond substituents is 1. The summed E-state index contributed by atoms with van der Waals surface area (Å²) < 4.78 is 82.5. The molecule has 2 heterocycles. The Morgan fingerprint density at radius 3 is 1.79 bits per heavy atom. The molecular weight excluding hydrogens is 863 g/mol. The maximum absolute atomic E-state index is 12.8. The molecule has 0 saturated heterocycles. The summed E-state index contributed by atoms with van der Waals surface area (Å²) in [4.78, 5) is 10.7. The summed E-state index contributed by atoms with van der Waals surface area (Å²) in [5, 5.41) is 12.8. The first-order chi connectivity index (χ1) is 37.1. The van der Waals surface area contributed by atoms with Crippen molar-refractivity contribution in [2.75, 3.05) is 0 Å². The summed E-state index contributed by atoms with van der Waals surface area (Å²) in [6.07, 6.45) is 0. The van der Waals surface area contributed by atoms with Crippen molar-refractivity contribution in [3.8, 4) is 78.6 Å². The fourth-order valence-corrected chi connectivity index (χ4v) is 9.49. The normalized spacial score (nSPS) is 14.5. The van der Waals surface area contributed by atoms with Crippen molar-refractivity contribution in [2.45, 2.75) is 125 Å². The van der Waals surface area contributed by atoms with Crippen LogP contribution in [0, 0.1) is 20.7 Å². The number of phenols is 1. The quantitative estimate of drug-likeness (QED) is 0.173. The first-order valence-electron chi connectivity index (χ1n) is 29.1. The molecule has 9 rings (SSSR count). The Balaban J connectivity index is 1.44. The largest absolute Gasteiger partial charge is 0.507 e. The molecule has 0 aliphatic heterocycles. The third kappa shape index (κ3) is 9.50. The third-order valence-electron chi connectivity index (χ3n) is 13.8. The maximum Gasteiger partial charge on any atom is 0.149 e. The van der Waals surface area contributed by atoms with Gasteiger partial charge in [-0.05, 0) is 152 Å². The molecule has 7 aromatic carbocycles. The van der Waals surface area contributed by atoms with Crippen LogP contribution in [-0.2, 0) is 21.7 Å². The van der Waals surface area contributed by atoms with Crippen molar-refractivity contribution in [3.63, 3.8) is 0 Å². The summed E-state index contributed by atoms with van der Waals surface area (Å²) in [7, 11) is 0. The lowest BCUT2D eigenvalue weighted by atomic mass is 9.78. The van der Waals surface area contributed by atoms with Gasteiger partial charge in [0.05, 0.1) is 36.2 Å². The predicted molar refractivity (Wildman–Crippen MR) is 302 cm³/mol. The Bertz CT molecular complexity index is 3910. The van der Waals surface area contributed by atoms with Crippen LogP contribution in [0.2, 0.25) is 0 Å². The second-order valence-electron chi connectivity index (χ2n) is 23.2. The van der Waals surface area contributed by atoms with E-state index in [9.17, 15) is 6.48 Å². The number of pyridine rings is 1. The van der Waals surface area contributed by atoms with Gasteiger partial charge in [-0.3, -0.25) is 9.55 Å². The lowest BCUT2D eigenvalue weighted by Crippen LogP contribution is -2.17. The van der Waals surface area contributed by atoms with Gasteiger partial charge < -0.3 is 5.11 Å². The highest BCUT2D eigenvalue weighted by Gasteiger charge is 2.30. The molecule has 0 fully saturated rings. The van der Waals surface area contributed by atoms with E-state index < -0.39 is 47.9 Å². The molecule has 4 heteroatoms. The number of benzene rings is 7. The smallest absolute Gasteiger partial charge is 0.149 e. The minimum absolute atomic E-state index is 0.0640. The zero-order chi connectivity index (χ0) is 58.7. The lowest BCUT2D eigenvalue weighted by Gasteiger charge is -2.28. The van der Waals surface area contributed by atoms with Crippen LogP contribution in [0.1, 0.15) is 134 Å². The molecule has 0 atom stereocenters. The highest BCUT2D eigenvalue weighted by Crippen LogP contribution is 2.47. The number of aromatic nitrogens is 3. The maximum atomic E-state index is 12.8. The molecule has 4 nitrogen and oxygen atoms in total. The monoisotopic (exact) mass is 943 g/mol. The molecule has 9 aromatic rings. The first-order valence-corrected chi connectivity index (χ1v) is 24.6. The van der Waals surface area contributed by atoms with Gasteiger partial charge in [-0.1, -0.05) is 186 Å². The van der Waals surface area contributed by atoms with Gasteiger partial charge in [-0.25, -0.2) is 4.98 Å². The Labute approximate surface area is 436 Å². The highest BCUT2D eigenvalue weighted by molar-refractivity contribution is 5.99. The molecule has 0 amide bonds. The van der Waals surface area contributed by atoms with Gasteiger partial charge in [0, 0.05) is 32.1 Å². The van der Waals surface area contributed by atoms with E-state index in [4.69, 9.17) is 20.9 Å². The molecule has 71 heavy (non-hydrogen) atoms. The molecule has 2 aromatic heterocycles. The zero-order valence-electron chi connectivity index (χ0n) is 52.8. The fraction of sp³-hybridized carbons (Fsp3) is 0.284. The minimum Gasteiger partial charge on any atom is -0.507 e. The predicted octanol–water partition coefficient (Wildman–Crippen LogP) is 18.2. The summed E-state index contributed by atoms with van der Waals surface area (Å²) in [5.41, 5.74) is 11.2. The van der Waals surface area contributed by atoms with Crippen LogP contribution in [0.15, 0.2) is 152 Å². The molecular formula is C67H71N3O. The van der Waals surface area contributed by atoms with Crippen molar-refractivity contribution in [1.29, 1.82) is 0 Å². The number of para-hydroxylation sites is 1. The van der Waals surface area contributed by atoms with E-state index in [0.29, 0.717) is 61.6 Å². The van der Waals surface area contributed by atoms with Gasteiger partial charge in [0.1, 0.15) is 11.6 Å². The second-order valence-corrected chi connectivity index (χ2v) is 23.2. The lowest BCUT2D eigenvalue weighted by molar-refractivity contribution is 0.446. The third-order valence-corrected chi connectivity index (χ3v) is 13.8. The Hall–Kier alpha value is -7.04. The van der Waals surface area contributed by atoms with Crippen LogP contribution in [0.25, 0.3) is 83.9 Å². The number of aryl methyl sites for hydroxylation is 2. The average molecular weight is 943 g/mol. The van der Waals surface area contributed by atoms with Gasteiger partial charge >= 0.3 is 0 Å². The Morgan fingerprint density at radius 2 is 1.15 bits per heavy atom. The molecule has 0 radical (unpaired) electrons. The first kappa shape index (κ1) is 38.7. The molecule has 0 saturated carbocycles.